The zero-order chi connectivity index (χ0) is 5.98. The van der Waals surface area contributed by atoms with Gasteiger partial charge in [-0.2, -0.15) is 5.48 Å². The van der Waals surface area contributed by atoms with E-state index in [0.717, 1.165) is 12.8 Å². The Kier molecular flexibility index (Phi) is 4.48. The van der Waals surface area contributed by atoms with Gasteiger partial charge in [0.25, 0.3) is 0 Å². The molecule has 1 N–H and O–H groups in total. The molecule has 0 unspecified atom stereocenters. The van der Waals surface area contributed by atoms with E-state index in [9.17, 15) is 4.79 Å². The molecule has 3 nitrogen and oxygen atoms in total. The molecule has 0 spiro atoms. The molecular formula is C5H10NNaO2. The molecule has 4 heteroatoms. The van der Waals surface area contributed by atoms with Crippen molar-refractivity contribution in [2.24, 2.45) is 0 Å². The molecule has 1 aliphatic rings. The fourth-order valence-corrected chi connectivity index (χ4v) is 0.367. The maximum Gasteiger partial charge on any atom is 1.00 e. The van der Waals surface area contributed by atoms with Crippen LogP contribution in [0.3, 0.4) is 0 Å². The third kappa shape index (κ3) is 4.90. The van der Waals surface area contributed by atoms with Crippen LogP contribution in [0.1, 0.15) is 21.2 Å². The van der Waals surface area contributed by atoms with Crippen LogP contribution in [0, 0.1) is 0 Å². The zero-order valence-electron chi connectivity index (χ0n) is 6.81. The second kappa shape index (κ2) is 4.28. The minimum Gasteiger partial charge on any atom is -1.00 e. The number of carbonyl (C=O) groups is 1. The molecule has 48 valence electrons. The summed E-state index contributed by atoms with van der Waals surface area (Å²) in [4.78, 5) is 14.6. The summed E-state index contributed by atoms with van der Waals surface area (Å²) in [6.07, 6.45) is 2.26. The fraction of sp³-hybridized carbons (Fsp3) is 0.800. The SMILES string of the molecule is CC(=O)ONC1CC1.[H-].[Na+]. The minimum atomic E-state index is -0.267. The Balaban J connectivity index is 0. The molecule has 0 aliphatic heterocycles. The summed E-state index contributed by atoms with van der Waals surface area (Å²) in [5.74, 6) is -0.267. The predicted octanol–water partition coefficient (Wildman–Crippen LogP) is -2.67. The van der Waals surface area contributed by atoms with E-state index in [2.05, 4.69) is 10.3 Å². The number of hydrogen-bond donors (Lipinski definition) is 1. The van der Waals surface area contributed by atoms with E-state index in [1.165, 1.54) is 6.92 Å². The monoisotopic (exact) mass is 139 g/mol. The molecule has 0 radical (unpaired) electrons. The Bertz CT molecular complexity index is 108. The topological polar surface area (TPSA) is 38.3 Å². The summed E-state index contributed by atoms with van der Waals surface area (Å²) in [6, 6.07) is 0.443. The van der Waals surface area contributed by atoms with E-state index in [0.29, 0.717) is 6.04 Å². The number of nitrogens with one attached hydrogen (secondary N) is 1. The van der Waals surface area contributed by atoms with Gasteiger partial charge in [-0.3, -0.25) is 4.79 Å². The van der Waals surface area contributed by atoms with Crippen molar-refractivity contribution in [3.63, 3.8) is 0 Å². The van der Waals surface area contributed by atoms with Crippen molar-refractivity contribution in [2.75, 3.05) is 0 Å². The van der Waals surface area contributed by atoms with Gasteiger partial charge in [0, 0.05) is 13.0 Å². The number of rotatable bonds is 2. The van der Waals surface area contributed by atoms with Crippen LogP contribution in [0.4, 0.5) is 0 Å². The molecule has 1 rings (SSSR count). The molecule has 0 heterocycles. The van der Waals surface area contributed by atoms with E-state index in [-0.39, 0.29) is 37.0 Å². The number of hydrogen-bond acceptors (Lipinski definition) is 3. The quantitative estimate of drug-likeness (QED) is 0.335. The van der Waals surface area contributed by atoms with E-state index in [1.54, 1.807) is 0 Å². The molecule has 0 bridgehead atoms. The van der Waals surface area contributed by atoms with Crippen LogP contribution in [0.2, 0.25) is 0 Å². The van der Waals surface area contributed by atoms with E-state index >= 15 is 0 Å². The first-order valence-electron chi connectivity index (χ1n) is 2.72. The van der Waals surface area contributed by atoms with Crippen LogP contribution in [-0.4, -0.2) is 12.0 Å². The van der Waals surface area contributed by atoms with Crippen LogP contribution < -0.4 is 35.0 Å². The molecule has 9 heavy (non-hydrogen) atoms. The standard InChI is InChI=1S/C5H9NO2.Na.H/c1-4(7)8-6-5-2-3-5;;/h5-6H,2-3H2,1H3;;/q;+1;-1. The van der Waals surface area contributed by atoms with Gasteiger partial charge in [0.1, 0.15) is 0 Å². The normalized spacial score (nSPS) is 16.1. The molecule has 1 saturated carbocycles. The summed E-state index contributed by atoms with van der Waals surface area (Å²) in [5, 5.41) is 0. The van der Waals surface area contributed by atoms with Gasteiger partial charge in [0.05, 0.1) is 0 Å². The summed E-state index contributed by atoms with van der Waals surface area (Å²) < 4.78 is 0. The Labute approximate surface area is 77.9 Å². The Morgan fingerprint density at radius 2 is 2.33 bits per heavy atom. The second-order valence-corrected chi connectivity index (χ2v) is 1.99. The van der Waals surface area contributed by atoms with Crippen molar-refractivity contribution < 1.29 is 40.6 Å². The first-order chi connectivity index (χ1) is 3.79. The summed E-state index contributed by atoms with van der Waals surface area (Å²) in [5.41, 5.74) is 2.61. The van der Waals surface area contributed by atoms with Crippen molar-refractivity contribution in [1.29, 1.82) is 0 Å². The van der Waals surface area contributed by atoms with Crippen molar-refractivity contribution >= 4 is 5.97 Å². The number of carbonyl (C=O) groups excluding carboxylic acids is 1. The summed E-state index contributed by atoms with van der Waals surface area (Å²) >= 11 is 0. The molecule has 0 aromatic rings. The van der Waals surface area contributed by atoms with E-state index in [1.807, 2.05) is 0 Å². The Morgan fingerprint density at radius 1 is 1.78 bits per heavy atom. The van der Waals surface area contributed by atoms with Crippen LogP contribution in [-0.2, 0) is 9.63 Å². The molecule has 1 fully saturated rings. The van der Waals surface area contributed by atoms with Gasteiger partial charge in [-0.05, 0) is 12.8 Å². The van der Waals surface area contributed by atoms with Crippen LogP contribution in [0.15, 0.2) is 0 Å². The maximum absolute atomic E-state index is 10.1. The van der Waals surface area contributed by atoms with Gasteiger partial charge < -0.3 is 6.26 Å². The van der Waals surface area contributed by atoms with Crippen LogP contribution in [0.5, 0.6) is 0 Å². The van der Waals surface area contributed by atoms with Gasteiger partial charge in [-0.1, -0.05) is 0 Å². The van der Waals surface area contributed by atoms with Gasteiger partial charge in [0.2, 0.25) is 0 Å². The average molecular weight is 139 g/mol. The predicted molar refractivity (Wildman–Crippen MR) is 29.0 cm³/mol. The molecule has 0 aromatic carbocycles. The van der Waals surface area contributed by atoms with Gasteiger partial charge >= 0.3 is 35.5 Å². The first-order valence-corrected chi connectivity index (χ1v) is 2.72. The van der Waals surface area contributed by atoms with Crippen molar-refractivity contribution in [3.05, 3.63) is 0 Å². The van der Waals surface area contributed by atoms with E-state index < -0.39 is 0 Å². The summed E-state index contributed by atoms with van der Waals surface area (Å²) in [7, 11) is 0. The fourth-order valence-electron chi connectivity index (χ4n) is 0.367. The molecular weight excluding hydrogens is 129 g/mol. The third-order valence-electron chi connectivity index (χ3n) is 0.947. The van der Waals surface area contributed by atoms with Crippen LogP contribution in [0.25, 0.3) is 0 Å². The maximum atomic E-state index is 10.1. The first kappa shape index (κ1) is 9.43. The van der Waals surface area contributed by atoms with Gasteiger partial charge in [0.15, 0.2) is 0 Å². The molecule has 0 saturated heterocycles. The van der Waals surface area contributed by atoms with Gasteiger partial charge in [-0.15, -0.1) is 0 Å². The number of hydroxylamine groups is 1. The van der Waals surface area contributed by atoms with Crippen molar-refractivity contribution in [3.8, 4) is 0 Å². The van der Waals surface area contributed by atoms with Gasteiger partial charge in [-0.25, -0.2) is 0 Å². The molecule has 0 aromatic heterocycles. The largest absolute Gasteiger partial charge is 1.00 e. The average Bonchev–Trinajstić information content (AvgIpc) is 2.41. The Morgan fingerprint density at radius 3 is 2.67 bits per heavy atom. The summed E-state index contributed by atoms with van der Waals surface area (Å²) in [6.45, 7) is 1.38. The van der Waals surface area contributed by atoms with E-state index in [4.69, 9.17) is 0 Å². The Hall–Kier alpha value is 0.430. The molecule has 1 aliphatic carbocycles. The zero-order valence-corrected chi connectivity index (χ0v) is 7.81. The minimum absolute atomic E-state index is 0. The molecule has 0 atom stereocenters. The van der Waals surface area contributed by atoms with Crippen molar-refractivity contribution in [1.82, 2.24) is 5.48 Å². The second-order valence-electron chi connectivity index (χ2n) is 1.99. The van der Waals surface area contributed by atoms with Crippen LogP contribution >= 0.6 is 0 Å². The third-order valence-corrected chi connectivity index (χ3v) is 0.947. The molecule has 0 amide bonds. The van der Waals surface area contributed by atoms with Crippen molar-refractivity contribution in [2.45, 2.75) is 25.8 Å². The smallest absolute Gasteiger partial charge is 1.00 e.